The maximum Gasteiger partial charge on any atom is 0.271 e. The van der Waals surface area contributed by atoms with Crippen LogP contribution in [0.4, 0.5) is 0 Å². The Labute approximate surface area is 202 Å². The fraction of sp³-hybridized carbons (Fsp3) is 0.259. The highest BCUT2D eigenvalue weighted by Gasteiger charge is 2.47. The number of nitrogens with zero attached hydrogens (tertiary/aromatic N) is 2. The van der Waals surface area contributed by atoms with Crippen molar-refractivity contribution in [1.29, 1.82) is 0 Å². The number of rotatable bonds is 6. The first kappa shape index (κ1) is 22.2. The zero-order valence-corrected chi connectivity index (χ0v) is 20.3. The van der Waals surface area contributed by atoms with E-state index in [0.717, 1.165) is 32.7 Å². The molecule has 174 valence electrons. The second-order valence-electron chi connectivity index (χ2n) is 8.88. The number of benzene rings is 2. The van der Waals surface area contributed by atoms with Crippen molar-refractivity contribution in [2.75, 3.05) is 7.11 Å². The number of carbonyl (C=O) groups is 2. The molecule has 0 saturated heterocycles. The van der Waals surface area contributed by atoms with Gasteiger partial charge in [-0.1, -0.05) is 42.5 Å². The first-order chi connectivity index (χ1) is 16.4. The minimum absolute atomic E-state index is 0.132. The van der Waals surface area contributed by atoms with Crippen molar-refractivity contribution in [1.82, 2.24) is 14.8 Å². The van der Waals surface area contributed by atoms with Crippen LogP contribution in [0.15, 0.2) is 66.0 Å². The lowest BCUT2D eigenvalue weighted by Crippen LogP contribution is -2.63. The van der Waals surface area contributed by atoms with E-state index in [2.05, 4.69) is 5.32 Å². The summed E-state index contributed by atoms with van der Waals surface area (Å²) in [6, 6.07) is 19.6. The summed E-state index contributed by atoms with van der Waals surface area (Å²) in [7, 11) is 1.62. The van der Waals surface area contributed by atoms with Crippen LogP contribution in [0.5, 0.6) is 5.75 Å². The van der Waals surface area contributed by atoms with Crippen molar-refractivity contribution in [3.63, 3.8) is 0 Å². The number of ether oxygens (including phenoxy) is 1. The van der Waals surface area contributed by atoms with Gasteiger partial charge in [0.05, 0.1) is 13.7 Å². The maximum absolute atomic E-state index is 13.8. The standard InChI is InChI=1S/C27H27N3O3S/c1-18-8-4-5-10-21(18)16-30-24(31)22-14-19-12-13-34-25(19)29(22)17-27(30,2)26(32)28-15-20-9-6-7-11-23(20)33-3/h4-14H,15-17H2,1-3H3,(H,28,32)/t27-/m0/s1. The van der Waals surface area contributed by atoms with Gasteiger partial charge in [-0.15, -0.1) is 11.3 Å². The molecule has 0 radical (unpaired) electrons. The van der Waals surface area contributed by atoms with E-state index in [4.69, 9.17) is 4.74 Å². The second-order valence-corrected chi connectivity index (χ2v) is 9.78. The molecular formula is C27H27N3O3S. The molecule has 1 N–H and O–H groups in total. The van der Waals surface area contributed by atoms with Gasteiger partial charge in [-0.3, -0.25) is 9.59 Å². The van der Waals surface area contributed by atoms with E-state index in [1.165, 1.54) is 0 Å². The predicted octanol–water partition coefficient (Wildman–Crippen LogP) is 4.75. The summed E-state index contributed by atoms with van der Waals surface area (Å²) < 4.78 is 7.43. The number of amides is 2. The molecule has 2 aromatic heterocycles. The highest BCUT2D eigenvalue weighted by Crippen LogP contribution is 2.35. The molecule has 0 fully saturated rings. The van der Waals surface area contributed by atoms with Gasteiger partial charge < -0.3 is 19.5 Å². The Bertz CT molecular complexity index is 1390. The quantitative estimate of drug-likeness (QED) is 0.440. The molecule has 2 amide bonds. The third-order valence-corrected chi connectivity index (χ3v) is 7.69. The van der Waals surface area contributed by atoms with E-state index in [9.17, 15) is 9.59 Å². The van der Waals surface area contributed by atoms with E-state index >= 15 is 0 Å². The van der Waals surface area contributed by atoms with E-state index < -0.39 is 5.54 Å². The fourth-order valence-corrected chi connectivity index (χ4v) is 5.57. The Morgan fingerprint density at radius 1 is 1.12 bits per heavy atom. The van der Waals surface area contributed by atoms with Gasteiger partial charge in [-0.2, -0.15) is 0 Å². The van der Waals surface area contributed by atoms with Gasteiger partial charge >= 0.3 is 0 Å². The van der Waals surface area contributed by atoms with Crippen molar-refractivity contribution < 1.29 is 14.3 Å². The lowest BCUT2D eigenvalue weighted by Gasteiger charge is -2.44. The number of fused-ring (bicyclic) bond motifs is 3. The summed E-state index contributed by atoms with van der Waals surface area (Å²) in [6.07, 6.45) is 0. The average molecular weight is 474 g/mol. The van der Waals surface area contributed by atoms with Crippen LogP contribution in [0.1, 0.15) is 34.1 Å². The molecular weight excluding hydrogens is 446 g/mol. The normalized spacial score (nSPS) is 17.6. The van der Waals surface area contributed by atoms with E-state index in [0.29, 0.717) is 25.3 Å². The molecule has 0 aliphatic carbocycles. The van der Waals surface area contributed by atoms with Crippen molar-refractivity contribution in [3.05, 3.63) is 88.4 Å². The number of aryl methyl sites for hydroxylation is 1. The number of nitrogens with one attached hydrogen (secondary N) is 1. The summed E-state index contributed by atoms with van der Waals surface area (Å²) in [5, 5.41) is 6.12. The molecule has 1 aliphatic heterocycles. The molecule has 5 rings (SSSR count). The second kappa shape index (κ2) is 8.65. The topological polar surface area (TPSA) is 63.6 Å². The van der Waals surface area contributed by atoms with Gasteiger partial charge in [0.15, 0.2) is 0 Å². The van der Waals surface area contributed by atoms with Crippen molar-refractivity contribution in [2.24, 2.45) is 0 Å². The number of carbonyl (C=O) groups excluding carboxylic acids is 2. The molecule has 1 atom stereocenters. The number of hydrogen-bond acceptors (Lipinski definition) is 4. The third-order valence-electron chi connectivity index (χ3n) is 6.74. The molecule has 34 heavy (non-hydrogen) atoms. The summed E-state index contributed by atoms with van der Waals surface area (Å²) in [6.45, 7) is 4.97. The smallest absolute Gasteiger partial charge is 0.271 e. The van der Waals surface area contributed by atoms with Gasteiger partial charge in [0.25, 0.3) is 5.91 Å². The van der Waals surface area contributed by atoms with Crippen LogP contribution in [-0.4, -0.2) is 33.9 Å². The molecule has 0 saturated carbocycles. The zero-order valence-electron chi connectivity index (χ0n) is 19.5. The molecule has 4 aromatic rings. The van der Waals surface area contributed by atoms with Crippen LogP contribution >= 0.6 is 11.3 Å². The number of thiophene rings is 1. The van der Waals surface area contributed by atoms with E-state index in [1.807, 2.05) is 84.5 Å². The van der Waals surface area contributed by atoms with Crippen LogP contribution in [0, 0.1) is 6.92 Å². The molecule has 2 aromatic carbocycles. The minimum Gasteiger partial charge on any atom is -0.496 e. The monoisotopic (exact) mass is 473 g/mol. The Kier molecular flexibility index (Phi) is 5.65. The predicted molar refractivity (Wildman–Crippen MR) is 134 cm³/mol. The van der Waals surface area contributed by atoms with E-state index in [-0.39, 0.29) is 11.8 Å². The Hall–Kier alpha value is -3.58. The highest BCUT2D eigenvalue weighted by molar-refractivity contribution is 7.16. The number of methoxy groups -OCH3 is 1. The van der Waals surface area contributed by atoms with Gasteiger partial charge in [0.1, 0.15) is 21.8 Å². The SMILES string of the molecule is COc1ccccc1CNC(=O)[C@]1(C)Cn2c(cc3ccsc32)C(=O)N1Cc1ccccc1C. The summed E-state index contributed by atoms with van der Waals surface area (Å²) in [5.41, 5.74) is 2.57. The Balaban J connectivity index is 1.52. The van der Waals surface area contributed by atoms with Gasteiger partial charge in [-0.25, -0.2) is 0 Å². The van der Waals surface area contributed by atoms with Gasteiger partial charge in [0, 0.05) is 24.0 Å². The van der Waals surface area contributed by atoms with Crippen LogP contribution in [-0.2, 0) is 24.4 Å². The first-order valence-electron chi connectivity index (χ1n) is 11.3. The lowest BCUT2D eigenvalue weighted by molar-refractivity contribution is -0.133. The number of aromatic nitrogens is 1. The maximum atomic E-state index is 13.8. The zero-order chi connectivity index (χ0) is 23.9. The third kappa shape index (κ3) is 3.66. The van der Waals surface area contributed by atoms with Crippen LogP contribution in [0.2, 0.25) is 0 Å². The summed E-state index contributed by atoms with van der Waals surface area (Å²) in [4.78, 5) is 30.3. The van der Waals surface area contributed by atoms with Crippen LogP contribution in [0.25, 0.3) is 10.2 Å². The number of para-hydroxylation sites is 1. The molecule has 3 heterocycles. The Morgan fingerprint density at radius 2 is 1.85 bits per heavy atom. The largest absolute Gasteiger partial charge is 0.496 e. The van der Waals surface area contributed by atoms with Crippen LogP contribution in [0.3, 0.4) is 0 Å². The highest BCUT2D eigenvalue weighted by atomic mass is 32.1. The average Bonchev–Trinajstić information content (AvgIpc) is 3.44. The summed E-state index contributed by atoms with van der Waals surface area (Å²) >= 11 is 1.59. The first-order valence-corrected chi connectivity index (χ1v) is 12.1. The van der Waals surface area contributed by atoms with Gasteiger partial charge in [0.2, 0.25) is 5.91 Å². The Morgan fingerprint density at radius 3 is 2.62 bits per heavy atom. The molecule has 1 aliphatic rings. The van der Waals surface area contributed by atoms with Gasteiger partial charge in [-0.05, 0) is 48.6 Å². The molecule has 0 bridgehead atoms. The molecule has 0 unspecified atom stereocenters. The van der Waals surface area contributed by atoms with E-state index in [1.54, 1.807) is 23.3 Å². The lowest BCUT2D eigenvalue weighted by atomic mass is 9.93. The molecule has 0 spiro atoms. The van der Waals surface area contributed by atoms with Crippen molar-refractivity contribution >= 4 is 33.4 Å². The number of hydrogen-bond donors (Lipinski definition) is 1. The van der Waals surface area contributed by atoms with Crippen molar-refractivity contribution in [3.8, 4) is 5.75 Å². The summed E-state index contributed by atoms with van der Waals surface area (Å²) in [5.74, 6) is 0.398. The molecule has 6 nitrogen and oxygen atoms in total. The van der Waals surface area contributed by atoms with Crippen LogP contribution < -0.4 is 10.1 Å². The van der Waals surface area contributed by atoms with Crippen molar-refractivity contribution in [2.45, 2.75) is 39.0 Å². The fourth-order valence-electron chi connectivity index (χ4n) is 4.68. The minimum atomic E-state index is -1.07. The molecule has 7 heteroatoms.